The summed E-state index contributed by atoms with van der Waals surface area (Å²) in [7, 11) is 0. The molecule has 2 saturated heterocycles. The number of hydrogen-bond donors (Lipinski definition) is 1. The molecule has 2 fully saturated rings. The van der Waals surface area contributed by atoms with Gasteiger partial charge in [-0.15, -0.1) is 0 Å². The van der Waals surface area contributed by atoms with E-state index in [1.165, 1.54) is 0 Å². The maximum Gasteiger partial charge on any atom is 0.246 e. The summed E-state index contributed by atoms with van der Waals surface area (Å²) in [4.78, 5) is 26.0. The third kappa shape index (κ3) is 2.36. The molecule has 2 aliphatic heterocycles. The molecule has 5 heteroatoms. The van der Waals surface area contributed by atoms with Crippen LogP contribution in [0.15, 0.2) is 0 Å². The Morgan fingerprint density at radius 2 is 1.94 bits per heavy atom. The van der Waals surface area contributed by atoms with Gasteiger partial charge < -0.3 is 15.0 Å². The van der Waals surface area contributed by atoms with Crippen LogP contribution < -0.4 is 5.32 Å². The molecule has 0 spiro atoms. The highest BCUT2D eigenvalue weighted by Crippen LogP contribution is 2.25. The third-order valence-corrected chi connectivity index (χ3v) is 4.00. The molecule has 18 heavy (non-hydrogen) atoms. The van der Waals surface area contributed by atoms with Crippen LogP contribution in [0, 0.1) is 5.92 Å². The molecule has 0 aromatic carbocycles. The lowest BCUT2D eigenvalue weighted by molar-refractivity contribution is -0.156. The van der Waals surface area contributed by atoms with E-state index in [9.17, 15) is 9.59 Å². The predicted molar refractivity (Wildman–Crippen MR) is 66.9 cm³/mol. The van der Waals surface area contributed by atoms with Crippen LogP contribution >= 0.6 is 0 Å². The van der Waals surface area contributed by atoms with E-state index in [4.69, 9.17) is 4.74 Å². The Morgan fingerprint density at radius 1 is 1.33 bits per heavy atom. The molecule has 5 nitrogen and oxygen atoms in total. The number of nitrogens with zero attached hydrogens (tertiary/aromatic N) is 1. The first-order chi connectivity index (χ1) is 8.43. The van der Waals surface area contributed by atoms with Crippen LogP contribution in [0.3, 0.4) is 0 Å². The summed E-state index contributed by atoms with van der Waals surface area (Å²) in [6, 6.07) is -0.412. The number of piperazine rings is 1. The van der Waals surface area contributed by atoms with E-state index in [0.717, 1.165) is 26.1 Å². The normalized spacial score (nSPS) is 29.3. The van der Waals surface area contributed by atoms with E-state index in [2.05, 4.69) is 5.32 Å². The Hall–Kier alpha value is -1.10. The highest BCUT2D eigenvalue weighted by atomic mass is 16.5. The number of carbonyl (C=O) groups excluding carboxylic acids is 2. The van der Waals surface area contributed by atoms with E-state index in [0.29, 0.717) is 12.5 Å². The van der Waals surface area contributed by atoms with Crippen molar-refractivity contribution in [2.24, 2.45) is 5.92 Å². The molecule has 0 aliphatic carbocycles. The first-order valence-electron chi connectivity index (χ1n) is 6.63. The van der Waals surface area contributed by atoms with Crippen molar-refractivity contribution in [1.82, 2.24) is 10.2 Å². The highest BCUT2D eigenvalue weighted by Gasteiger charge is 2.45. The van der Waals surface area contributed by atoms with Crippen LogP contribution in [0.2, 0.25) is 0 Å². The third-order valence-electron chi connectivity index (χ3n) is 4.00. The number of rotatable bonds is 2. The molecular formula is C13H22N2O3. The van der Waals surface area contributed by atoms with Crippen molar-refractivity contribution < 1.29 is 14.3 Å². The molecule has 102 valence electrons. The molecule has 2 rings (SSSR count). The maximum atomic E-state index is 12.2. The van der Waals surface area contributed by atoms with E-state index in [1.807, 2.05) is 13.8 Å². The van der Waals surface area contributed by atoms with Crippen molar-refractivity contribution in [3.8, 4) is 0 Å². The van der Waals surface area contributed by atoms with E-state index < -0.39 is 11.6 Å². The number of amides is 2. The second kappa shape index (κ2) is 4.88. The molecule has 0 aromatic heterocycles. The molecule has 0 saturated carbocycles. The topological polar surface area (TPSA) is 58.6 Å². The van der Waals surface area contributed by atoms with Crippen molar-refractivity contribution in [3.63, 3.8) is 0 Å². The largest absolute Gasteiger partial charge is 0.381 e. The quantitative estimate of drug-likeness (QED) is 0.782. The summed E-state index contributed by atoms with van der Waals surface area (Å²) in [6.07, 6.45) is 1.94. The minimum Gasteiger partial charge on any atom is -0.381 e. The summed E-state index contributed by atoms with van der Waals surface area (Å²) in [5.74, 6) is 0.396. The first kappa shape index (κ1) is 13.3. The zero-order valence-corrected chi connectivity index (χ0v) is 11.4. The Balaban J connectivity index is 2.11. The number of carbonyl (C=O) groups is 2. The Morgan fingerprint density at radius 3 is 2.56 bits per heavy atom. The van der Waals surface area contributed by atoms with Crippen molar-refractivity contribution in [3.05, 3.63) is 0 Å². The lowest BCUT2D eigenvalue weighted by Crippen LogP contribution is -2.68. The Bertz CT molecular complexity index is 348. The summed E-state index contributed by atoms with van der Waals surface area (Å²) in [5, 5.41) is 2.73. The molecule has 0 radical (unpaired) electrons. The van der Waals surface area contributed by atoms with E-state index in [1.54, 1.807) is 11.8 Å². The van der Waals surface area contributed by atoms with Gasteiger partial charge in [0.25, 0.3) is 0 Å². The lowest BCUT2D eigenvalue weighted by Gasteiger charge is -2.45. The van der Waals surface area contributed by atoms with Gasteiger partial charge >= 0.3 is 0 Å². The van der Waals surface area contributed by atoms with Gasteiger partial charge in [-0.25, -0.2) is 0 Å². The molecular weight excluding hydrogens is 232 g/mol. The summed E-state index contributed by atoms with van der Waals surface area (Å²) in [5.41, 5.74) is -0.748. The van der Waals surface area contributed by atoms with Crippen LogP contribution in [0.25, 0.3) is 0 Å². The van der Waals surface area contributed by atoms with Gasteiger partial charge in [-0.2, -0.15) is 0 Å². The van der Waals surface area contributed by atoms with Crippen molar-refractivity contribution in [2.75, 3.05) is 19.8 Å². The SMILES string of the molecule is CC1NC(=O)C(C)(C)N(CC2CCOCC2)C1=O. The van der Waals surface area contributed by atoms with Gasteiger partial charge in [-0.3, -0.25) is 9.59 Å². The molecule has 1 N–H and O–H groups in total. The van der Waals surface area contributed by atoms with Gasteiger partial charge in [0.2, 0.25) is 11.8 Å². The highest BCUT2D eigenvalue weighted by molar-refractivity contribution is 5.99. The fourth-order valence-corrected chi connectivity index (χ4v) is 2.57. The predicted octanol–water partition coefficient (Wildman–Crippen LogP) is 0.538. The minimum absolute atomic E-state index is 0.0195. The van der Waals surface area contributed by atoms with Gasteiger partial charge in [0, 0.05) is 19.8 Å². The molecule has 1 unspecified atom stereocenters. The van der Waals surface area contributed by atoms with Crippen LogP contribution in [0.5, 0.6) is 0 Å². The second-order valence-corrected chi connectivity index (χ2v) is 5.76. The van der Waals surface area contributed by atoms with E-state index in [-0.39, 0.29) is 11.8 Å². The van der Waals surface area contributed by atoms with Gasteiger partial charge in [0.05, 0.1) is 0 Å². The molecule has 0 aromatic rings. The monoisotopic (exact) mass is 254 g/mol. The molecule has 2 heterocycles. The minimum atomic E-state index is -0.748. The zero-order chi connectivity index (χ0) is 13.3. The van der Waals surface area contributed by atoms with Gasteiger partial charge in [0.1, 0.15) is 11.6 Å². The number of hydrogen-bond acceptors (Lipinski definition) is 3. The average Bonchev–Trinajstić information content (AvgIpc) is 2.34. The van der Waals surface area contributed by atoms with Crippen LogP contribution in [0.1, 0.15) is 33.6 Å². The maximum absolute atomic E-state index is 12.2. The van der Waals surface area contributed by atoms with Gasteiger partial charge in [-0.05, 0) is 39.5 Å². The fraction of sp³-hybridized carbons (Fsp3) is 0.846. The zero-order valence-electron chi connectivity index (χ0n) is 11.4. The number of nitrogens with one attached hydrogen (secondary N) is 1. The smallest absolute Gasteiger partial charge is 0.246 e. The Labute approximate surface area is 108 Å². The first-order valence-corrected chi connectivity index (χ1v) is 6.63. The summed E-state index contributed by atoms with van der Waals surface area (Å²) < 4.78 is 5.33. The van der Waals surface area contributed by atoms with Gasteiger partial charge in [0.15, 0.2) is 0 Å². The fourth-order valence-electron chi connectivity index (χ4n) is 2.57. The van der Waals surface area contributed by atoms with Crippen molar-refractivity contribution in [2.45, 2.75) is 45.2 Å². The molecule has 2 aliphatic rings. The average molecular weight is 254 g/mol. The van der Waals surface area contributed by atoms with Crippen molar-refractivity contribution >= 4 is 11.8 Å². The summed E-state index contributed by atoms with van der Waals surface area (Å²) >= 11 is 0. The molecule has 2 amide bonds. The lowest BCUT2D eigenvalue weighted by atomic mass is 9.92. The summed E-state index contributed by atoms with van der Waals surface area (Å²) in [6.45, 7) is 7.54. The second-order valence-electron chi connectivity index (χ2n) is 5.76. The van der Waals surface area contributed by atoms with Crippen LogP contribution in [0.4, 0.5) is 0 Å². The van der Waals surface area contributed by atoms with Gasteiger partial charge in [-0.1, -0.05) is 0 Å². The molecule has 0 bridgehead atoms. The van der Waals surface area contributed by atoms with Crippen LogP contribution in [-0.4, -0.2) is 48.1 Å². The number of ether oxygens (including phenoxy) is 1. The van der Waals surface area contributed by atoms with Crippen molar-refractivity contribution in [1.29, 1.82) is 0 Å². The standard InChI is InChI=1S/C13H22N2O3/c1-9-11(16)15(13(2,3)12(17)14-9)8-10-4-6-18-7-5-10/h9-10H,4-8H2,1-3H3,(H,14,17). The van der Waals surface area contributed by atoms with Crippen LogP contribution in [-0.2, 0) is 14.3 Å². The molecule has 1 atom stereocenters. The Kier molecular flexibility index (Phi) is 3.61. The van der Waals surface area contributed by atoms with E-state index >= 15 is 0 Å².